The monoisotopic (exact) mass is 249 g/mol. The molecule has 0 saturated carbocycles. The number of anilines is 1. The summed E-state index contributed by atoms with van der Waals surface area (Å²) in [5, 5.41) is 13.9. The van der Waals surface area contributed by atoms with Gasteiger partial charge in [0, 0.05) is 6.42 Å². The summed E-state index contributed by atoms with van der Waals surface area (Å²) in [5.41, 5.74) is 1.81. The third-order valence-corrected chi connectivity index (χ3v) is 3.10. The Morgan fingerprint density at radius 2 is 2.00 bits per heavy atom. The van der Waals surface area contributed by atoms with E-state index in [1.807, 2.05) is 13.8 Å². The van der Waals surface area contributed by atoms with Crippen LogP contribution >= 0.6 is 0 Å². The fraction of sp³-hybridized carbons (Fsp3) is 0.667. The van der Waals surface area contributed by atoms with Crippen LogP contribution in [-0.2, 0) is 17.6 Å². The van der Waals surface area contributed by atoms with Crippen LogP contribution in [0, 0.1) is 5.92 Å². The number of carbonyl (C=O) groups is 1. The number of amides is 1. The van der Waals surface area contributed by atoms with Crippen molar-refractivity contribution < 1.29 is 4.79 Å². The summed E-state index contributed by atoms with van der Waals surface area (Å²) < 4.78 is 0. The first-order valence-electron chi connectivity index (χ1n) is 6.46. The maximum atomic E-state index is 11.7. The molecule has 2 heterocycles. The van der Waals surface area contributed by atoms with Crippen LogP contribution in [0.2, 0.25) is 0 Å². The minimum atomic E-state index is -0.0328. The van der Waals surface area contributed by atoms with Gasteiger partial charge in [0.1, 0.15) is 0 Å². The Labute approximate surface area is 107 Å². The molecule has 0 bridgehead atoms. The molecule has 1 aliphatic heterocycles. The van der Waals surface area contributed by atoms with Crippen LogP contribution < -0.4 is 10.6 Å². The van der Waals surface area contributed by atoms with E-state index in [0.29, 0.717) is 18.3 Å². The number of hydrogen-bond acceptors (Lipinski definition) is 5. The third kappa shape index (κ3) is 3.01. The van der Waals surface area contributed by atoms with Crippen molar-refractivity contribution in [2.45, 2.75) is 33.1 Å². The molecule has 1 aliphatic rings. The standard InChI is InChI=1S/C12H19N5O/c1-3-9-10(4-2)16-17-12(14-9)15-11(18)5-8-6-13-7-8/h8,13H,3-7H2,1-2H3,(H,14,15,17,18). The van der Waals surface area contributed by atoms with Gasteiger partial charge in [0.25, 0.3) is 0 Å². The molecule has 6 nitrogen and oxygen atoms in total. The second-order valence-electron chi connectivity index (χ2n) is 4.51. The van der Waals surface area contributed by atoms with Gasteiger partial charge in [0.15, 0.2) is 0 Å². The third-order valence-electron chi connectivity index (χ3n) is 3.10. The van der Waals surface area contributed by atoms with Gasteiger partial charge in [-0.3, -0.25) is 10.1 Å². The summed E-state index contributed by atoms with van der Waals surface area (Å²) >= 11 is 0. The van der Waals surface area contributed by atoms with Gasteiger partial charge in [-0.25, -0.2) is 4.98 Å². The van der Waals surface area contributed by atoms with Crippen LogP contribution in [0.5, 0.6) is 0 Å². The van der Waals surface area contributed by atoms with Crippen molar-refractivity contribution in [3.63, 3.8) is 0 Å². The van der Waals surface area contributed by atoms with Crippen molar-refractivity contribution in [3.8, 4) is 0 Å². The summed E-state index contributed by atoms with van der Waals surface area (Å²) in [6.07, 6.45) is 2.13. The predicted octanol–water partition coefficient (Wildman–Crippen LogP) is 0.544. The van der Waals surface area contributed by atoms with Crippen LogP contribution in [0.15, 0.2) is 0 Å². The van der Waals surface area contributed by atoms with Crippen LogP contribution in [0.25, 0.3) is 0 Å². The lowest BCUT2D eigenvalue weighted by atomic mass is 9.99. The molecule has 6 heteroatoms. The second kappa shape index (κ2) is 5.86. The van der Waals surface area contributed by atoms with E-state index in [1.165, 1.54) is 0 Å². The van der Waals surface area contributed by atoms with E-state index in [9.17, 15) is 4.79 Å². The Kier molecular flexibility index (Phi) is 4.19. The average molecular weight is 249 g/mol. The molecule has 18 heavy (non-hydrogen) atoms. The molecule has 1 aromatic rings. The van der Waals surface area contributed by atoms with Crippen LogP contribution in [0.3, 0.4) is 0 Å². The lowest BCUT2D eigenvalue weighted by Crippen LogP contribution is -2.43. The van der Waals surface area contributed by atoms with E-state index in [-0.39, 0.29) is 5.91 Å². The second-order valence-corrected chi connectivity index (χ2v) is 4.51. The normalized spacial score (nSPS) is 15.2. The summed E-state index contributed by atoms with van der Waals surface area (Å²) in [6, 6.07) is 0. The highest BCUT2D eigenvalue weighted by Crippen LogP contribution is 2.11. The first-order chi connectivity index (χ1) is 8.72. The van der Waals surface area contributed by atoms with E-state index >= 15 is 0 Å². The van der Waals surface area contributed by atoms with Gasteiger partial charge in [0.05, 0.1) is 11.4 Å². The summed E-state index contributed by atoms with van der Waals surface area (Å²) in [7, 11) is 0. The molecule has 1 amide bonds. The number of nitrogens with zero attached hydrogens (tertiary/aromatic N) is 3. The molecule has 1 saturated heterocycles. The van der Waals surface area contributed by atoms with Crippen LogP contribution in [0.4, 0.5) is 5.95 Å². The van der Waals surface area contributed by atoms with E-state index in [1.54, 1.807) is 0 Å². The van der Waals surface area contributed by atoms with E-state index in [2.05, 4.69) is 25.8 Å². The van der Waals surface area contributed by atoms with Gasteiger partial charge >= 0.3 is 0 Å². The first kappa shape index (κ1) is 12.9. The highest BCUT2D eigenvalue weighted by Gasteiger charge is 2.20. The molecular weight excluding hydrogens is 230 g/mol. The highest BCUT2D eigenvalue weighted by atomic mass is 16.1. The molecule has 0 aliphatic carbocycles. The quantitative estimate of drug-likeness (QED) is 0.796. The van der Waals surface area contributed by atoms with E-state index < -0.39 is 0 Å². The Balaban J connectivity index is 1.97. The number of nitrogens with one attached hydrogen (secondary N) is 2. The predicted molar refractivity (Wildman–Crippen MR) is 68.2 cm³/mol. The molecule has 0 aromatic carbocycles. The first-order valence-corrected chi connectivity index (χ1v) is 6.46. The molecular formula is C12H19N5O. The van der Waals surface area contributed by atoms with Gasteiger partial charge in [0.2, 0.25) is 11.9 Å². The lowest BCUT2D eigenvalue weighted by Gasteiger charge is -2.26. The summed E-state index contributed by atoms with van der Waals surface area (Å²) in [5.74, 6) is 0.731. The van der Waals surface area contributed by atoms with Crippen molar-refractivity contribution in [1.29, 1.82) is 0 Å². The minimum Gasteiger partial charge on any atom is -0.316 e. The van der Waals surface area contributed by atoms with Gasteiger partial charge in [-0.05, 0) is 31.8 Å². The Bertz CT molecular complexity index is 430. The van der Waals surface area contributed by atoms with Crippen molar-refractivity contribution in [2.75, 3.05) is 18.4 Å². The van der Waals surface area contributed by atoms with Crippen molar-refractivity contribution >= 4 is 11.9 Å². The zero-order valence-corrected chi connectivity index (χ0v) is 10.9. The summed E-state index contributed by atoms with van der Waals surface area (Å²) in [6.45, 7) is 5.88. The fourth-order valence-electron chi connectivity index (χ4n) is 1.92. The van der Waals surface area contributed by atoms with Crippen molar-refractivity contribution in [1.82, 2.24) is 20.5 Å². The fourth-order valence-corrected chi connectivity index (χ4v) is 1.92. The van der Waals surface area contributed by atoms with Crippen molar-refractivity contribution in [3.05, 3.63) is 11.4 Å². The SMILES string of the molecule is CCc1nnc(NC(=O)CC2CNC2)nc1CC. The Hall–Kier alpha value is -1.56. The molecule has 1 fully saturated rings. The molecule has 0 unspecified atom stereocenters. The smallest absolute Gasteiger partial charge is 0.249 e. The molecule has 0 radical (unpaired) electrons. The average Bonchev–Trinajstić information content (AvgIpc) is 2.33. The molecule has 2 N–H and O–H groups in total. The maximum absolute atomic E-state index is 11.7. The van der Waals surface area contributed by atoms with Crippen molar-refractivity contribution in [2.24, 2.45) is 5.92 Å². The molecule has 1 aromatic heterocycles. The minimum absolute atomic E-state index is 0.0328. The lowest BCUT2D eigenvalue weighted by molar-refractivity contribution is -0.117. The topological polar surface area (TPSA) is 79.8 Å². The largest absolute Gasteiger partial charge is 0.316 e. The highest BCUT2D eigenvalue weighted by molar-refractivity contribution is 5.89. The number of rotatable bonds is 5. The Morgan fingerprint density at radius 3 is 2.56 bits per heavy atom. The molecule has 0 atom stereocenters. The maximum Gasteiger partial charge on any atom is 0.249 e. The van der Waals surface area contributed by atoms with Gasteiger partial charge in [-0.1, -0.05) is 13.8 Å². The van der Waals surface area contributed by atoms with Gasteiger partial charge < -0.3 is 5.32 Å². The Morgan fingerprint density at radius 1 is 1.28 bits per heavy atom. The molecule has 2 rings (SSSR count). The number of aryl methyl sites for hydroxylation is 2. The number of carbonyl (C=O) groups excluding carboxylic acids is 1. The number of aromatic nitrogens is 3. The van der Waals surface area contributed by atoms with Gasteiger partial charge in [-0.2, -0.15) is 0 Å². The van der Waals surface area contributed by atoms with E-state index in [4.69, 9.17) is 0 Å². The van der Waals surface area contributed by atoms with Crippen LogP contribution in [-0.4, -0.2) is 34.2 Å². The van der Waals surface area contributed by atoms with Crippen LogP contribution in [0.1, 0.15) is 31.7 Å². The summed E-state index contributed by atoms with van der Waals surface area (Å²) in [4.78, 5) is 16.1. The molecule has 0 spiro atoms. The van der Waals surface area contributed by atoms with Gasteiger partial charge in [-0.15, -0.1) is 10.2 Å². The van der Waals surface area contributed by atoms with E-state index in [0.717, 1.165) is 37.3 Å². The molecule has 98 valence electrons. The zero-order valence-electron chi connectivity index (χ0n) is 10.9. The zero-order chi connectivity index (χ0) is 13.0. The number of hydrogen-bond donors (Lipinski definition) is 2.